The van der Waals surface area contributed by atoms with Crippen LogP contribution >= 0.6 is 27.5 Å². The lowest BCUT2D eigenvalue weighted by molar-refractivity contribution is 0.340. The number of hydrogen-bond donors (Lipinski definition) is 2. The third kappa shape index (κ3) is 3.70. The lowest BCUT2D eigenvalue weighted by Crippen LogP contribution is -2.38. The van der Waals surface area contributed by atoms with Gasteiger partial charge in [0.2, 0.25) is 0 Å². The molecular formula is C14H20BrClN2. The maximum atomic E-state index is 5.98. The second-order valence-corrected chi connectivity index (χ2v) is 6.25. The Labute approximate surface area is 122 Å². The summed E-state index contributed by atoms with van der Waals surface area (Å²) in [6.07, 6.45) is 6.56. The first-order chi connectivity index (χ1) is 8.70. The molecule has 0 bridgehead atoms. The standard InChI is InChI=1S/C14H20BrClN2/c15-13-8-10(16)6-7-12(13)14(9-17)18-11-4-2-1-3-5-11/h6-8,11,14,18H,1-5,9,17H2. The summed E-state index contributed by atoms with van der Waals surface area (Å²) in [5, 5.41) is 4.43. The van der Waals surface area contributed by atoms with E-state index in [0.717, 1.165) is 9.50 Å². The Bertz CT molecular complexity index is 391. The molecule has 0 spiro atoms. The van der Waals surface area contributed by atoms with E-state index in [-0.39, 0.29) is 6.04 Å². The molecule has 18 heavy (non-hydrogen) atoms. The average molecular weight is 332 g/mol. The molecule has 4 heteroatoms. The molecule has 1 aliphatic rings. The number of hydrogen-bond acceptors (Lipinski definition) is 2. The summed E-state index contributed by atoms with van der Waals surface area (Å²) >= 11 is 9.55. The molecule has 1 aromatic rings. The molecule has 1 aliphatic carbocycles. The van der Waals surface area contributed by atoms with Crippen LogP contribution in [0.4, 0.5) is 0 Å². The molecule has 0 radical (unpaired) electrons. The number of nitrogens with two attached hydrogens (primary N) is 1. The normalized spacial score (nSPS) is 18.8. The zero-order valence-corrected chi connectivity index (χ0v) is 12.8. The van der Waals surface area contributed by atoms with Crippen LogP contribution in [0.1, 0.15) is 43.7 Å². The minimum absolute atomic E-state index is 0.208. The van der Waals surface area contributed by atoms with E-state index in [2.05, 4.69) is 27.3 Å². The third-order valence-electron chi connectivity index (χ3n) is 3.62. The van der Waals surface area contributed by atoms with Crippen LogP contribution in [-0.4, -0.2) is 12.6 Å². The lowest BCUT2D eigenvalue weighted by atomic mass is 9.94. The van der Waals surface area contributed by atoms with Gasteiger partial charge in [-0.05, 0) is 30.5 Å². The SMILES string of the molecule is NCC(NC1CCCCC1)c1ccc(Cl)cc1Br. The second-order valence-electron chi connectivity index (χ2n) is 4.96. The van der Waals surface area contributed by atoms with Crippen molar-refractivity contribution in [3.8, 4) is 0 Å². The van der Waals surface area contributed by atoms with E-state index >= 15 is 0 Å². The van der Waals surface area contributed by atoms with E-state index in [0.29, 0.717) is 12.6 Å². The maximum absolute atomic E-state index is 5.98. The Kier molecular flexibility index (Phi) is 5.49. The van der Waals surface area contributed by atoms with Crippen LogP contribution in [0.5, 0.6) is 0 Å². The second kappa shape index (κ2) is 6.90. The Morgan fingerprint density at radius 2 is 2.06 bits per heavy atom. The highest BCUT2D eigenvalue weighted by Gasteiger charge is 2.19. The summed E-state index contributed by atoms with van der Waals surface area (Å²) < 4.78 is 1.04. The summed E-state index contributed by atoms with van der Waals surface area (Å²) in [7, 11) is 0. The van der Waals surface area contributed by atoms with Crippen LogP contribution in [0.3, 0.4) is 0 Å². The fourth-order valence-electron chi connectivity index (χ4n) is 2.62. The lowest BCUT2D eigenvalue weighted by Gasteiger charge is -2.28. The zero-order valence-electron chi connectivity index (χ0n) is 10.5. The molecule has 3 N–H and O–H groups in total. The summed E-state index contributed by atoms with van der Waals surface area (Å²) in [4.78, 5) is 0. The minimum Gasteiger partial charge on any atom is -0.329 e. The molecule has 2 nitrogen and oxygen atoms in total. The fourth-order valence-corrected chi connectivity index (χ4v) is 3.58. The topological polar surface area (TPSA) is 38.0 Å². The Balaban J connectivity index is 2.07. The Hall–Kier alpha value is -0.0900. The zero-order chi connectivity index (χ0) is 13.0. The summed E-state index contributed by atoms with van der Waals surface area (Å²) in [5.74, 6) is 0. The summed E-state index contributed by atoms with van der Waals surface area (Å²) in [5.41, 5.74) is 7.11. The molecule has 0 heterocycles. The molecule has 2 rings (SSSR count). The van der Waals surface area contributed by atoms with Gasteiger partial charge in [-0.1, -0.05) is 52.9 Å². The van der Waals surface area contributed by atoms with Crippen molar-refractivity contribution < 1.29 is 0 Å². The highest BCUT2D eigenvalue weighted by Crippen LogP contribution is 2.28. The van der Waals surface area contributed by atoms with Crippen molar-refractivity contribution in [2.75, 3.05) is 6.54 Å². The van der Waals surface area contributed by atoms with Gasteiger partial charge in [0.15, 0.2) is 0 Å². The van der Waals surface area contributed by atoms with Crippen LogP contribution < -0.4 is 11.1 Å². The van der Waals surface area contributed by atoms with Crippen LogP contribution in [0.25, 0.3) is 0 Å². The van der Waals surface area contributed by atoms with E-state index < -0.39 is 0 Å². The summed E-state index contributed by atoms with van der Waals surface area (Å²) in [6.45, 7) is 0.608. The molecule has 0 amide bonds. The molecular weight excluding hydrogens is 312 g/mol. The van der Waals surface area contributed by atoms with E-state index in [1.807, 2.05) is 12.1 Å². The molecule has 1 saturated carbocycles. The van der Waals surface area contributed by atoms with Crippen molar-refractivity contribution in [2.24, 2.45) is 5.73 Å². The largest absolute Gasteiger partial charge is 0.329 e. The molecule has 1 atom stereocenters. The minimum atomic E-state index is 0.208. The smallest absolute Gasteiger partial charge is 0.0457 e. The van der Waals surface area contributed by atoms with E-state index in [4.69, 9.17) is 17.3 Å². The maximum Gasteiger partial charge on any atom is 0.0457 e. The van der Waals surface area contributed by atoms with Gasteiger partial charge in [-0.3, -0.25) is 0 Å². The van der Waals surface area contributed by atoms with Gasteiger partial charge < -0.3 is 11.1 Å². The monoisotopic (exact) mass is 330 g/mol. The highest BCUT2D eigenvalue weighted by atomic mass is 79.9. The van der Waals surface area contributed by atoms with Crippen molar-refractivity contribution >= 4 is 27.5 Å². The number of nitrogens with one attached hydrogen (secondary N) is 1. The quantitative estimate of drug-likeness (QED) is 0.874. The van der Waals surface area contributed by atoms with E-state index in [1.165, 1.54) is 37.7 Å². The van der Waals surface area contributed by atoms with Crippen LogP contribution in [0.2, 0.25) is 5.02 Å². The van der Waals surface area contributed by atoms with Crippen molar-refractivity contribution in [3.63, 3.8) is 0 Å². The number of benzene rings is 1. The van der Waals surface area contributed by atoms with Gasteiger partial charge in [0.1, 0.15) is 0 Å². The van der Waals surface area contributed by atoms with Crippen molar-refractivity contribution in [1.29, 1.82) is 0 Å². The van der Waals surface area contributed by atoms with Gasteiger partial charge in [-0.2, -0.15) is 0 Å². The summed E-state index contributed by atoms with van der Waals surface area (Å²) in [6, 6.07) is 6.73. The molecule has 1 unspecified atom stereocenters. The predicted octanol–water partition coefficient (Wildman–Crippen LogP) is 4.02. The number of rotatable bonds is 4. The van der Waals surface area contributed by atoms with E-state index in [9.17, 15) is 0 Å². The van der Waals surface area contributed by atoms with Crippen molar-refractivity contribution in [1.82, 2.24) is 5.32 Å². The van der Waals surface area contributed by atoms with Gasteiger partial charge in [0.05, 0.1) is 0 Å². The third-order valence-corrected chi connectivity index (χ3v) is 4.54. The molecule has 1 fully saturated rings. The first kappa shape index (κ1) is 14.3. The van der Waals surface area contributed by atoms with Gasteiger partial charge >= 0.3 is 0 Å². The Morgan fingerprint density at radius 3 is 2.67 bits per heavy atom. The first-order valence-corrected chi connectivity index (χ1v) is 7.79. The van der Waals surface area contributed by atoms with Gasteiger partial charge in [0, 0.05) is 28.1 Å². The molecule has 100 valence electrons. The average Bonchev–Trinajstić information content (AvgIpc) is 2.38. The highest BCUT2D eigenvalue weighted by molar-refractivity contribution is 9.10. The van der Waals surface area contributed by atoms with Crippen molar-refractivity contribution in [2.45, 2.75) is 44.2 Å². The van der Waals surface area contributed by atoms with Crippen LogP contribution in [-0.2, 0) is 0 Å². The van der Waals surface area contributed by atoms with Gasteiger partial charge in [0.25, 0.3) is 0 Å². The molecule has 0 saturated heterocycles. The molecule has 0 aromatic heterocycles. The van der Waals surface area contributed by atoms with Gasteiger partial charge in [-0.25, -0.2) is 0 Å². The number of halogens is 2. The van der Waals surface area contributed by atoms with Crippen LogP contribution in [0, 0.1) is 0 Å². The van der Waals surface area contributed by atoms with Crippen molar-refractivity contribution in [3.05, 3.63) is 33.3 Å². The molecule has 0 aliphatic heterocycles. The van der Waals surface area contributed by atoms with Crippen LogP contribution in [0.15, 0.2) is 22.7 Å². The first-order valence-electron chi connectivity index (χ1n) is 6.62. The van der Waals surface area contributed by atoms with Gasteiger partial charge in [-0.15, -0.1) is 0 Å². The Morgan fingerprint density at radius 1 is 1.33 bits per heavy atom. The fraction of sp³-hybridized carbons (Fsp3) is 0.571. The predicted molar refractivity (Wildman–Crippen MR) is 81.0 cm³/mol. The molecule has 1 aromatic carbocycles. The van der Waals surface area contributed by atoms with E-state index in [1.54, 1.807) is 0 Å².